The van der Waals surface area contributed by atoms with Crippen molar-refractivity contribution in [1.82, 2.24) is 4.90 Å². The average molecular weight is 507 g/mol. The van der Waals surface area contributed by atoms with Crippen LogP contribution in [0.5, 0.6) is 0 Å². The molecule has 3 aromatic carbocycles. The number of methoxy groups -OCH3 is 1. The largest absolute Gasteiger partial charge is 0.465 e. The van der Waals surface area contributed by atoms with E-state index in [0.717, 1.165) is 22.6 Å². The Morgan fingerprint density at radius 3 is 2.08 bits per heavy atom. The van der Waals surface area contributed by atoms with Gasteiger partial charge in [0.2, 0.25) is 5.91 Å². The number of benzene rings is 3. The maximum Gasteiger partial charge on any atom is 0.337 e. The SMILES string of the molecule is COC(=O)c1ccc(NC(=O)CC2C(=O)N(c3ccc(F)cc3)C(=O)N2CCc2ccc(F)cc2)cc1. The number of halogens is 2. The van der Waals surface area contributed by atoms with E-state index < -0.39 is 41.5 Å². The number of ether oxygens (including phenoxy) is 1. The molecule has 0 aromatic heterocycles. The highest BCUT2D eigenvalue weighted by atomic mass is 19.1. The zero-order chi connectivity index (χ0) is 26.5. The van der Waals surface area contributed by atoms with E-state index in [-0.39, 0.29) is 18.7 Å². The molecule has 190 valence electrons. The van der Waals surface area contributed by atoms with Crippen molar-refractivity contribution in [2.75, 3.05) is 23.9 Å². The molecule has 0 aliphatic carbocycles. The molecule has 0 spiro atoms. The van der Waals surface area contributed by atoms with E-state index in [4.69, 9.17) is 0 Å². The third-order valence-corrected chi connectivity index (χ3v) is 5.93. The van der Waals surface area contributed by atoms with Crippen molar-refractivity contribution in [1.29, 1.82) is 0 Å². The molecule has 1 aliphatic rings. The standard InChI is InChI=1S/C27H23F2N3O5/c1-37-26(35)18-4-10-21(11-5-18)30-24(33)16-23-25(34)32(22-12-8-20(29)9-13-22)27(36)31(23)15-14-17-2-6-19(28)7-3-17/h2-13,23H,14-16H2,1H3,(H,30,33). The van der Waals surface area contributed by atoms with Crippen LogP contribution in [0.4, 0.5) is 25.0 Å². The highest BCUT2D eigenvalue weighted by Gasteiger charge is 2.46. The van der Waals surface area contributed by atoms with Crippen LogP contribution in [0.15, 0.2) is 72.8 Å². The lowest BCUT2D eigenvalue weighted by atomic mass is 10.1. The number of hydrogen-bond donors (Lipinski definition) is 1. The lowest BCUT2D eigenvalue weighted by Gasteiger charge is -2.21. The highest BCUT2D eigenvalue weighted by Crippen LogP contribution is 2.28. The lowest BCUT2D eigenvalue weighted by Crippen LogP contribution is -2.39. The summed E-state index contributed by atoms with van der Waals surface area (Å²) in [5, 5.41) is 2.66. The summed E-state index contributed by atoms with van der Waals surface area (Å²) in [7, 11) is 1.26. The molecule has 8 nitrogen and oxygen atoms in total. The van der Waals surface area contributed by atoms with E-state index in [1.54, 1.807) is 12.1 Å². The maximum absolute atomic E-state index is 13.4. The number of amides is 4. The fraction of sp³-hybridized carbons (Fsp3) is 0.185. The molecule has 1 fully saturated rings. The van der Waals surface area contributed by atoms with Gasteiger partial charge in [-0.15, -0.1) is 0 Å². The molecule has 1 saturated heterocycles. The Balaban J connectivity index is 1.52. The molecule has 10 heteroatoms. The van der Waals surface area contributed by atoms with Gasteiger partial charge in [-0.2, -0.15) is 0 Å². The van der Waals surface area contributed by atoms with Gasteiger partial charge < -0.3 is 15.0 Å². The zero-order valence-electron chi connectivity index (χ0n) is 19.8. The Morgan fingerprint density at radius 1 is 0.892 bits per heavy atom. The van der Waals surface area contributed by atoms with Crippen molar-refractivity contribution in [2.45, 2.75) is 18.9 Å². The third-order valence-electron chi connectivity index (χ3n) is 5.93. The molecule has 4 rings (SSSR count). The lowest BCUT2D eigenvalue weighted by molar-refractivity contribution is -0.124. The van der Waals surface area contributed by atoms with Crippen LogP contribution in [0.25, 0.3) is 0 Å². The monoisotopic (exact) mass is 507 g/mol. The number of rotatable bonds is 8. The van der Waals surface area contributed by atoms with Gasteiger partial charge in [0, 0.05) is 12.2 Å². The molecule has 4 amide bonds. The van der Waals surface area contributed by atoms with Crippen LogP contribution in [-0.4, -0.2) is 48.4 Å². The van der Waals surface area contributed by atoms with E-state index in [0.29, 0.717) is 17.7 Å². The van der Waals surface area contributed by atoms with Gasteiger partial charge in [-0.25, -0.2) is 23.3 Å². The van der Waals surface area contributed by atoms with Gasteiger partial charge in [-0.3, -0.25) is 9.59 Å². The van der Waals surface area contributed by atoms with Crippen LogP contribution in [0.1, 0.15) is 22.3 Å². The summed E-state index contributed by atoms with van der Waals surface area (Å²) in [6, 6.07) is 14.9. The Hall–Kier alpha value is -4.60. The van der Waals surface area contributed by atoms with Gasteiger partial charge >= 0.3 is 12.0 Å². The summed E-state index contributed by atoms with van der Waals surface area (Å²) in [4.78, 5) is 53.2. The number of nitrogens with one attached hydrogen (secondary N) is 1. The Bertz CT molecular complexity index is 1310. The first kappa shape index (κ1) is 25.5. The molecule has 0 saturated carbocycles. The average Bonchev–Trinajstić information content (AvgIpc) is 3.12. The molecule has 1 heterocycles. The number of carbonyl (C=O) groups is 4. The number of nitrogens with zero attached hydrogens (tertiary/aromatic N) is 2. The first-order chi connectivity index (χ1) is 17.8. The number of urea groups is 1. The second kappa shape index (κ2) is 11.0. The van der Waals surface area contributed by atoms with Crippen molar-refractivity contribution in [2.24, 2.45) is 0 Å². The topological polar surface area (TPSA) is 96.0 Å². The van der Waals surface area contributed by atoms with Crippen LogP contribution in [0, 0.1) is 11.6 Å². The van der Waals surface area contributed by atoms with E-state index in [1.807, 2.05) is 0 Å². The second-order valence-electron chi connectivity index (χ2n) is 8.34. The Morgan fingerprint density at radius 2 is 1.49 bits per heavy atom. The minimum absolute atomic E-state index is 0.0969. The number of carbonyl (C=O) groups excluding carboxylic acids is 4. The summed E-state index contributed by atoms with van der Waals surface area (Å²) in [6.07, 6.45) is -0.00585. The predicted octanol–water partition coefficient (Wildman–Crippen LogP) is 4.16. The fourth-order valence-electron chi connectivity index (χ4n) is 4.01. The van der Waals surface area contributed by atoms with Gasteiger partial charge in [-0.05, 0) is 72.6 Å². The summed E-state index contributed by atoms with van der Waals surface area (Å²) in [6.45, 7) is 0.0969. The zero-order valence-corrected chi connectivity index (χ0v) is 19.8. The van der Waals surface area contributed by atoms with Crippen LogP contribution < -0.4 is 10.2 Å². The third kappa shape index (κ3) is 5.80. The molecule has 37 heavy (non-hydrogen) atoms. The van der Waals surface area contributed by atoms with Crippen molar-refractivity contribution >= 4 is 35.2 Å². The summed E-state index contributed by atoms with van der Waals surface area (Å²) in [5.41, 5.74) is 1.63. The molecular weight excluding hydrogens is 484 g/mol. The molecule has 3 aromatic rings. The van der Waals surface area contributed by atoms with E-state index in [1.165, 1.54) is 60.5 Å². The van der Waals surface area contributed by atoms with Gasteiger partial charge in [0.05, 0.1) is 24.8 Å². The first-order valence-corrected chi connectivity index (χ1v) is 11.4. The van der Waals surface area contributed by atoms with E-state index in [9.17, 15) is 28.0 Å². The van der Waals surface area contributed by atoms with Gasteiger partial charge in [0.1, 0.15) is 17.7 Å². The van der Waals surface area contributed by atoms with E-state index in [2.05, 4.69) is 10.1 Å². The molecule has 0 bridgehead atoms. The molecular formula is C27H23F2N3O5. The number of hydrogen-bond acceptors (Lipinski definition) is 5. The van der Waals surface area contributed by atoms with Crippen LogP contribution >= 0.6 is 0 Å². The Labute approximate surface area is 211 Å². The van der Waals surface area contributed by atoms with Crippen LogP contribution in [0.3, 0.4) is 0 Å². The summed E-state index contributed by atoms with van der Waals surface area (Å²) in [5.74, 6) is -2.58. The minimum Gasteiger partial charge on any atom is -0.465 e. The minimum atomic E-state index is -1.10. The van der Waals surface area contributed by atoms with Gasteiger partial charge in [0.15, 0.2) is 0 Å². The summed E-state index contributed by atoms with van der Waals surface area (Å²) >= 11 is 0. The van der Waals surface area contributed by atoms with Gasteiger partial charge in [0.25, 0.3) is 5.91 Å². The first-order valence-electron chi connectivity index (χ1n) is 11.4. The number of esters is 1. The number of imide groups is 1. The Kier molecular flexibility index (Phi) is 7.57. The highest BCUT2D eigenvalue weighted by molar-refractivity contribution is 6.22. The summed E-state index contributed by atoms with van der Waals surface area (Å²) < 4.78 is 31.3. The van der Waals surface area contributed by atoms with Crippen LogP contribution in [-0.2, 0) is 20.7 Å². The van der Waals surface area contributed by atoms with Crippen LogP contribution in [0.2, 0.25) is 0 Å². The molecule has 1 unspecified atom stereocenters. The molecule has 1 aliphatic heterocycles. The van der Waals surface area contributed by atoms with Crippen molar-refractivity contribution in [3.63, 3.8) is 0 Å². The molecule has 0 radical (unpaired) electrons. The van der Waals surface area contributed by atoms with Crippen molar-refractivity contribution in [3.05, 3.63) is 95.6 Å². The number of anilines is 2. The normalized spacial score (nSPS) is 15.2. The van der Waals surface area contributed by atoms with Crippen molar-refractivity contribution in [3.8, 4) is 0 Å². The second-order valence-corrected chi connectivity index (χ2v) is 8.34. The molecule has 1 N–H and O–H groups in total. The van der Waals surface area contributed by atoms with Crippen molar-refractivity contribution < 1.29 is 32.7 Å². The quantitative estimate of drug-likeness (QED) is 0.365. The molecule has 1 atom stereocenters. The smallest absolute Gasteiger partial charge is 0.337 e. The predicted molar refractivity (Wildman–Crippen MR) is 131 cm³/mol. The van der Waals surface area contributed by atoms with Gasteiger partial charge in [-0.1, -0.05) is 12.1 Å². The maximum atomic E-state index is 13.4. The van der Waals surface area contributed by atoms with E-state index >= 15 is 0 Å². The fourth-order valence-corrected chi connectivity index (χ4v) is 4.01.